The van der Waals surface area contributed by atoms with Crippen molar-refractivity contribution < 1.29 is 12.6 Å². The Labute approximate surface area is 126 Å². The van der Waals surface area contributed by atoms with Crippen LogP contribution in [0.15, 0.2) is 0 Å². The van der Waals surface area contributed by atoms with Gasteiger partial charge in [0.05, 0.1) is 6.61 Å². The summed E-state index contributed by atoms with van der Waals surface area (Å²) in [5.74, 6) is 0. The monoisotopic (exact) mass is 307 g/mol. The van der Waals surface area contributed by atoms with Crippen LogP contribution in [-0.4, -0.2) is 39.4 Å². The molecule has 0 aromatic carbocycles. The van der Waals surface area contributed by atoms with Crippen LogP contribution >= 0.6 is 0 Å². The summed E-state index contributed by atoms with van der Waals surface area (Å²) in [5.41, 5.74) is 0. The third-order valence-electron chi connectivity index (χ3n) is 3.50. The van der Waals surface area contributed by atoms with Crippen molar-refractivity contribution in [3.05, 3.63) is 0 Å². The first-order chi connectivity index (χ1) is 9.45. The molecule has 0 aromatic heterocycles. The van der Waals surface area contributed by atoms with Crippen LogP contribution in [0.4, 0.5) is 0 Å². The fourth-order valence-electron chi connectivity index (χ4n) is 2.32. The average molecular weight is 308 g/mol. The van der Waals surface area contributed by atoms with E-state index >= 15 is 0 Å². The number of nitrogens with zero attached hydrogens (tertiary/aromatic N) is 1. The van der Waals surface area contributed by atoms with Gasteiger partial charge in [-0.25, -0.2) is 0 Å². The van der Waals surface area contributed by atoms with Gasteiger partial charge < -0.3 is 0 Å². The average Bonchev–Trinajstić information content (AvgIpc) is 2.36. The highest BCUT2D eigenvalue weighted by molar-refractivity contribution is 7.87. The summed E-state index contributed by atoms with van der Waals surface area (Å²) in [6, 6.07) is 0. The Morgan fingerprint density at radius 1 is 0.900 bits per heavy atom. The van der Waals surface area contributed by atoms with Gasteiger partial charge >= 0.3 is 0 Å². The summed E-state index contributed by atoms with van der Waals surface area (Å²) in [5, 5.41) is -0.531. The second kappa shape index (κ2) is 11.5. The van der Waals surface area contributed by atoms with Gasteiger partial charge in [0.2, 0.25) is 0 Å². The summed E-state index contributed by atoms with van der Waals surface area (Å²) < 4.78 is 29.0. The molecule has 0 saturated carbocycles. The van der Waals surface area contributed by atoms with E-state index in [1.54, 1.807) is 19.0 Å². The smallest absolute Gasteiger partial charge is 0.283 e. The van der Waals surface area contributed by atoms with Crippen LogP contribution < -0.4 is 0 Å². The minimum absolute atomic E-state index is 0.321. The van der Waals surface area contributed by atoms with Gasteiger partial charge in [-0.2, -0.15) is 8.42 Å². The molecule has 0 aliphatic carbocycles. The summed E-state index contributed by atoms with van der Waals surface area (Å²) in [6.45, 7) is 4.40. The minimum atomic E-state index is -3.45. The van der Waals surface area contributed by atoms with Crippen molar-refractivity contribution in [2.75, 3.05) is 20.7 Å². The van der Waals surface area contributed by atoms with Crippen LogP contribution in [0, 0.1) is 0 Å². The summed E-state index contributed by atoms with van der Waals surface area (Å²) >= 11 is 0. The fraction of sp³-hybridized carbons (Fsp3) is 1.00. The highest BCUT2D eigenvalue weighted by atomic mass is 32.2. The van der Waals surface area contributed by atoms with E-state index in [-0.39, 0.29) is 0 Å². The number of hydrogen-bond donors (Lipinski definition) is 0. The molecule has 0 fully saturated rings. The maximum Gasteiger partial charge on any atom is 0.283 e. The molecular weight excluding hydrogens is 274 g/mol. The Bertz CT molecular complexity index is 315. The zero-order valence-electron chi connectivity index (χ0n) is 13.7. The first-order valence-corrected chi connectivity index (χ1v) is 9.47. The highest BCUT2D eigenvalue weighted by Crippen LogP contribution is 2.13. The predicted octanol–water partition coefficient (Wildman–Crippen LogP) is 3.77. The molecule has 0 heterocycles. The molecule has 4 nitrogen and oxygen atoms in total. The number of hydrogen-bond acceptors (Lipinski definition) is 4. The van der Waals surface area contributed by atoms with Crippen molar-refractivity contribution in [3.63, 3.8) is 0 Å². The molecule has 0 saturated heterocycles. The lowest BCUT2D eigenvalue weighted by Gasteiger charge is -2.22. The SMILES string of the molecule is CCCCCCCCCCOS(=O)(=O)C(CC)N(C)C. The van der Waals surface area contributed by atoms with Crippen LogP contribution in [0.3, 0.4) is 0 Å². The van der Waals surface area contributed by atoms with E-state index < -0.39 is 15.5 Å². The van der Waals surface area contributed by atoms with Crippen molar-refractivity contribution >= 4 is 10.1 Å². The van der Waals surface area contributed by atoms with Crippen LogP contribution in [0.5, 0.6) is 0 Å². The predicted molar refractivity (Wildman–Crippen MR) is 85.2 cm³/mol. The molecule has 0 bridgehead atoms. The Morgan fingerprint density at radius 2 is 1.40 bits per heavy atom. The van der Waals surface area contributed by atoms with Gasteiger partial charge in [0.15, 0.2) is 0 Å². The summed E-state index contributed by atoms with van der Waals surface area (Å²) in [7, 11) is 0.0879. The topological polar surface area (TPSA) is 46.6 Å². The van der Waals surface area contributed by atoms with Gasteiger partial charge in [-0.15, -0.1) is 0 Å². The molecule has 0 N–H and O–H groups in total. The van der Waals surface area contributed by atoms with E-state index in [9.17, 15) is 8.42 Å². The third kappa shape index (κ3) is 8.93. The van der Waals surface area contributed by atoms with E-state index in [0.717, 1.165) is 12.8 Å². The van der Waals surface area contributed by atoms with Crippen LogP contribution in [0.2, 0.25) is 0 Å². The first-order valence-electron chi connectivity index (χ1n) is 8.00. The number of unbranched alkanes of at least 4 members (excludes halogenated alkanes) is 7. The van der Waals surface area contributed by atoms with E-state index in [0.29, 0.717) is 13.0 Å². The maximum absolute atomic E-state index is 11.9. The molecule has 1 unspecified atom stereocenters. The Kier molecular flexibility index (Phi) is 11.4. The van der Waals surface area contributed by atoms with Crippen molar-refractivity contribution in [1.29, 1.82) is 0 Å². The fourth-order valence-corrected chi connectivity index (χ4v) is 3.75. The van der Waals surface area contributed by atoms with Gasteiger partial charge in [0.25, 0.3) is 10.1 Å². The normalized spacial score (nSPS) is 13.8. The van der Waals surface area contributed by atoms with Crippen LogP contribution in [0.25, 0.3) is 0 Å². The second-order valence-electron chi connectivity index (χ2n) is 5.62. The lowest BCUT2D eigenvalue weighted by Crippen LogP contribution is -2.36. The van der Waals surface area contributed by atoms with E-state index in [4.69, 9.17) is 4.18 Å². The molecule has 0 aromatic rings. The van der Waals surface area contributed by atoms with E-state index in [2.05, 4.69) is 6.92 Å². The van der Waals surface area contributed by atoms with E-state index in [1.165, 1.54) is 38.5 Å². The highest BCUT2D eigenvalue weighted by Gasteiger charge is 2.26. The van der Waals surface area contributed by atoms with E-state index in [1.807, 2.05) is 6.92 Å². The zero-order chi connectivity index (χ0) is 15.4. The maximum atomic E-state index is 11.9. The lowest BCUT2D eigenvalue weighted by molar-refractivity contribution is 0.267. The van der Waals surface area contributed by atoms with Crippen molar-refractivity contribution in [3.8, 4) is 0 Å². The molecule has 0 radical (unpaired) electrons. The van der Waals surface area contributed by atoms with Crippen molar-refractivity contribution in [1.82, 2.24) is 4.90 Å². The first kappa shape index (κ1) is 19.9. The molecular formula is C15H33NO3S. The Hall–Kier alpha value is -0.130. The molecule has 0 aliphatic rings. The molecule has 122 valence electrons. The third-order valence-corrected chi connectivity index (χ3v) is 5.42. The van der Waals surface area contributed by atoms with Crippen LogP contribution in [0.1, 0.15) is 71.6 Å². The van der Waals surface area contributed by atoms with Gasteiger partial charge in [-0.05, 0) is 26.9 Å². The molecule has 0 amide bonds. The van der Waals surface area contributed by atoms with Crippen LogP contribution in [-0.2, 0) is 14.3 Å². The summed E-state index contributed by atoms with van der Waals surface area (Å²) in [4.78, 5) is 1.70. The summed E-state index contributed by atoms with van der Waals surface area (Å²) in [6.07, 6.45) is 10.1. The number of rotatable bonds is 13. The van der Waals surface area contributed by atoms with Crippen molar-refractivity contribution in [2.45, 2.75) is 77.0 Å². The van der Waals surface area contributed by atoms with Gasteiger partial charge in [-0.3, -0.25) is 9.08 Å². The van der Waals surface area contributed by atoms with Gasteiger partial charge in [0, 0.05) is 0 Å². The quantitative estimate of drug-likeness (QED) is 0.384. The van der Waals surface area contributed by atoms with Gasteiger partial charge in [-0.1, -0.05) is 58.8 Å². The minimum Gasteiger partial charge on any atom is -0.291 e. The molecule has 0 spiro atoms. The Balaban J connectivity index is 3.68. The lowest BCUT2D eigenvalue weighted by atomic mass is 10.1. The Morgan fingerprint density at radius 3 is 1.85 bits per heavy atom. The molecule has 0 aliphatic heterocycles. The van der Waals surface area contributed by atoms with Gasteiger partial charge in [0.1, 0.15) is 5.37 Å². The largest absolute Gasteiger partial charge is 0.291 e. The standard InChI is InChI=1S/C15H33NO3S/c1-5-7-8-9-10-11-12-13-14-19-20(17,18)15(6-2)16(3)4/h15H,5-14H2,1-4H3. The molecule has 0 rings (SSSR count). The molecule has 1 atom stereocenters. The van der Waals surface area contributed by atoms with Crippen molar-refractivity contribution in [2.24, 2.45) is 0 Å². The zero-order valence-corrected chi connectivity index (χ0v) is 14.5. The molecule has 20 heavy (non-hydrogen) atoms. The molecule has 5 heteroatoms. The second-order valence-corrected chi connectivity index (χ2v) is 7.38.